The van der Waals surface area contributed by atoms with Crippen LogP contribution in [0.3, 0.4) is 0 Å². The van der Waals surface area contributed by atoms with Gasteiger partial charge in [0.1, 0.15) is 12.0 Å². The number of nitrogens with two attached hydrogens (primary N) is 1. The number of halogens is 4. The number of anilines is 1. The number of azo groups is 1. The Bertz CT molecular complexity index is 1730. The molecule has 1 aromatic carbocycles. The van der Waals surface area contributed by atoms with Gasteiger partial charge in [-0.2, -0.15) is 5.11 Å². The van der Waals surface area contributed by atoms with Crippen molar-refractivity contribution in [3.05, 3.63) is 54.2 Å². The van der Waals surface area contributed by atoms with Crippen LogP contribution in [0, 0.1) is 11.6 Å². The van der Waals surface area contributed by atoms with E-state index in [4.69, 9.17) is 10.5 Å². The maximum atomic E-state index is 14.3. The minimum absolute atomic E-state index is 0.0866. The zero-order valence-electron chi connectivity index (χ0n) is 24.8. The van der Waals surface area contributed by atoms with Crippen molar-refractivity contribution in [1.82, 2.24) is 24.5 Å². The Kier molecular flexibility index (Phi) is 9.22. The molecular weight excluding hydrogens is 598 g/mol. The summed E-state index contributed by atoms with van der Waals surface area (Å²) in [4.78, 5) is 31.1. The van der Waals surface area contributed by atoms with Crippen LogP contribution in [-0.4, -0.2) is 75.8 Å². The van der Waals surface area contributed by atoms with Gasteiger partial charge >= 0.3 is 5.97 Å². The molecule has 1 aliphatic heterocycles. The normalized spacial score (nSPS) is 17.8. The van der Waals surface area contributed by atoms with Crippen molar-refractivity contribution >= 4 is 28.6 Å². The lowest BCUT2D eigenvalue weighted by molar-refractivity contribution is -0.141. The predicted molar refractivity (Wildman–Crippen MR) is 156 cm³/mol. The van der Waals surface area contributed by atoms with E-state index in [9.17, 15) is 22.4 Å². The van der Waals surface area contributed by atoms with Gasteiger partial charge in [-0.3, -0.25) is 4.98 Å². The van der Waals surface area contributed by atoms with E-state index in [1.54, 1.807) is 10.8 Å². The van der Waals surface area contributed by atoms with Crippen LogP contribution >= 0.6 is 0 Å². The van der Waals surface area contributed by atoms with Crippen molar-refractivity contribution in [2.24, 2.45) is 16.0 Å². The van der Waals surface area contributed by atoms with Crippen molar-refractivity contribution in [2.75, 3.05) is 32.2 Å². The molecule has 4 aromatic rings. The summed E-state index contributed by atoms with van der Waals surface area (Å²) in [6.07, 6.45) is 2.27. The minimum Gasteiger partial charge on any atom is -0.494 e. The molecule has 1 unspecified atom stereocenters. The Morgan fingerprint density at radius 3 is 2.67 bits per heavy atom. The fourth-order valence-corrected chi connectivity index (χ4v) is 5.44. The molecule has 238 valence electrons. The van der Waals surface area contributed by atoms with Crippen molar-refractivity contribution < 1.29 is 31.8 Å². The van der Waals surface area contributed by atoms with E-state index in [1.807, 2.05) is 4.90 Å². The van der Waals surface area contributed by atoms with Crippen LogP contribution < -0.4 is 15.4 Å². The molecule has 2 atom stereocenters. The van der Waals surface area contributed by atoms with Gasteiger partial charge in [-0.15, -0.1) is 5.11 Å². The van der Waals surface area contributed by atoms with Crippen LogP contribution in [0.4, 0.5) is 29.1 Å². The van der Waals surface area contributed by atoms with Crippen LogP contribution in [-0.2, 0) is 16.1 Å². The number of aromatic nitrogens is 5. The Morgan fingerprint density at radius 1 is 1.16 bits per heavy atom. The monoisotopic (exact) mass is 629 g/mol. The number of fused-ring (bicyclic) bond motifs is 1. The number of methoxy groups -OCH3 is 2. The number of carbonyl (C=O) groups is 1. The van der Waals surface area contributed by atoms with Crippen molar-refractivity contribution in [2.45, 2.75) is 50.7 Å². The number of hydrogen-bond donors (Lipinski definition) is 1. The number of piperidine rings is 1. The summed E-state index contributed by atoms with van der Waals surface area (Å²) in [6, 6.07) is 2.52. The highest BCUT2D eigenvalue weighted by Gasteiger charge is 2.36. The second-order valence-corrected chi connectivity index (χ2v) is 10.8. The first-order chi connectivity index (χ1) is 21.5. The summed E-state index contributed by atoms with van der Waals surface area (Å²) >= 11 is 0. The number of esters is 1. The van der Waals surface area contributed by atoms with Gasteiger partial charge in [0.05, 0.1) is 39.0 Å². The summed E-state index contributed by atoms with van der Waals surface area (Å²) in [5.41, 5.74) is 7.58. The van der Waals surface area contributed by atoms with Crippen molar-refractivity contribution in [3.8, 4) is 17.0 Å². The lowest BCUT2D eigenvalue weighted by atomic mass is 9.86. The van der Waals surface area contributed by atoms with E-state index in [1.165, 1.54) is 39.9 Å². The third-order valence-electron chi connectivity index (χ3n) is 7.60. The maximum absolute atomic E-state index is 14.3. The first-order valence-electron chi connectivity index (χ1n) is 14.0. The summed E-state index contributed by atoms with van der Waals surface area (Å²) < 4.78 is 67.1. The molecule has 4 heterocycles. The topological polar surface area (TPSA) is 146 Å². The molecule has 0 spiro atoms. The highest BCUT2D eigenvalue weighted by Crippen LogP contribution is 2.40. The number of hydrogen-bond acceptors (Lipinski definition) is 11. The third-order valence-corrected chi connectivity index (χ3v) is 7.60. The lowest BCUT2D eigenvalue weighted by Crippen LogP contribution is -2.55. The Morgan fingerprint density at radius 2 is 1.96 bits per heavy atom. The fraction of sp³-hybridized carbons (Fsp3) is 0.414. The predicted octanol–water partition coefficient (Wildman–Crippen LogP) is 4.82. The number of ether oxygens (including phenoxy) is 2. The Labute approximate surface area is 255 Å². The highest BCUT2D eigenvalue weighted by molar-refractivity contribution is 5.81. The molecule has 16 heteroatoms. The van der Waals surface area contributed by atoms with Gasteiger partial charge in [-0.25, -0.2) is 37.3 Å². The van der Waals surface area contributed by atoms with E-state index in [2.05, 4.69) is 34.9 Å². The molecule has 0 bridgehead atoms. The number of imidazole rings is 1. The summed E-state index contributed by atoms with van der Waals surface area (Å²) in [5, 5.41) is 8.03. The molecule has 0 aliphatic carbocycles. The molecule has 1 fully saturated rings. The summed E-state index contributed by atoms with van der Waals surface area (Å²) in [5.74, 6) is -2.27. The molecule has 0 radical (unpaired) electrons. The van der Waals surface area contributed by atoms with Crippen LogP contribution in [0.2, 0.25) is 0 Å². The SMILES string of the molecule is COC(=O)C(C)N=Nc1ncnc2c1ncn2Cc1c(N2CCC[C@](N)(CC(F)F)C2)cnc(-c2ccc(F)c(F)c2)c1OC. The lowest BCUT2D eigenvalue weighted by Gasteiger charge is -2.42. The number of benzene rings is 1. The third kappa shape index (κ3) is 6.69. The average molecular weight is 630 g/mol. The Hall–Kier alpha value is -4.73. The molecule has 5 rings (SSSR count). The van der Waals surface area contributed by atoms with Crippen LogP contribution in [0.25, 0.3) is 22.4 Å². The molecular formula is C29H31F4N9O3. The number of nitrogens with zero attached hydrogens (tertiary/aromatic N) is 8. The summed E-state index contributed by atoms with van der Waals surface area (Å²) in [7, 11) is 2.66. The number of carbonyl (C=O) groups excluding carboxylic acids is 1. The van der Waals surface area contributed by atoms with E-state index in [0.29, 0.717) is 41.8 Å². The zero-order valence-corrected chi connectivity index (χ0v) is 24.8. The van der Waals surface area contributed by atoms with Crippen molar-refractivity contribution in [3.63, 3.8) is 0 Å². The quantitative estimate of drug-likeness (QED) is 0.148. The fourth-order valence-electron chi connectivity index (χ4n) is 5.44. The van der Waals surface area contributed by atoms with Crippen LogP contribution in [0.5, 0.6) is 5.75 Å². The molecule has 1 aliphatic rings. The standard InChI is InChI=1S/C29H31F4N9O3/c1-16(28(43)45-3)39-40-26-24-27(37-14-36-26)42(15-38-24)12-18-21(41-8-4-7-29(34,13-41)10-22(32)33)11-35-23(25(18)44-2)17-5-6-19(30)20(31)9-17/h5-6,9,11,14-16,22H,4,7-8,10,12-13,34H2,1-3H3/t16?,29-/m0/s1. The first-order valence-corrected chi connectivity index (χ1v) is 14.0. The molecule has 2 N–H and O–H groups in total. The van der Waals surface area contributed by atoms with E-state index < -0.39 is 42.0 Å². The smallest absolute Gasteiger partial charge is 0.332 e. The van der Waals surface area contributed by atoms with E-state index >= 15 is 0 Å². The number of rotatable bonds is 10. The minimum atomic E-state index is -2.57. The zero-order chi connectivity index (χ0) is 32.3. The number of pyridine rings is 1. The van der Waals surface area contributed by atoms with E-state index in [0.717, 1.165) is 12.1 Å². The Balaban J connectivity index is 1.61. The largest absolute Gasteiger partial charge is 0.494 e. The van der Waals surface area contributed by atoms with Gasteiger partial charge < -0.3 is 24.7 Å². The molecule has 12 nitrogen and oxygen atoms in total. The van der Waals surface area contributed by atoms with E-state index in [-0.39, 0.29) is 35.9 Å². The second-order valence-electron chi connectivity index (χ2n) is 10.8. The summed E-state index contributed by atoms with van der Waals surface area (Å²) in [6.45, 7) is 2.26. The molecule has 0 saturated carbocycles. The molecule has 45 heavy (non-hydrogen) atoms. The second kappa shape index (κ2) is 13.1. The van der Waals surface area contributed by atoms with Gasteiger partial charge in [0.25, 0.3) is 0 Å². The van der Waals surface area contributed by atoms with Gasteiger partial charge in [-0.1, -0.05) is 0 Å². The van der Waals surface area contributed by atoms with Gasteiger partial charge in [0.2, 0.25) is 12.2 Å². The molecule has 0 amide bonds. The first kappa shape index (κ1) is 31.7. The highest BCUT2D eigenvalue weighted by atomic mass is 19.3. The molecule has 3 aromatic heterocycles. The molecule has 1 saturated heterocycles. The average Bonchev–Trinajstić information content (AvgIpc) is 3.43. The van der Waals surface area contributed by atoms with Crippen molar-refractivity contribution in [1.29, 1.82) is 0 Å². The van der Waals surface area contributed by atoms with Crippen LogP contribution in [0.1, 0.15) is 31.7 Å². The van der Waals surface area contributed by atoms with Gasteiger partial charge in [0.15, 0.2) is 34.6 Å². The van der Waals surface area contributed by atoms with Gasteiger partial charge in [-0.05, 0) is 38.0 Å². The number of alkyl halides is 2. The van der Waals surface area contributed by atoms with Gasteiger partial charge in [0, 0.05) is 36.2 Å². The van der Waals surface area contributed by atoms with Crippen LogP contribution in [0.15, 0.2) is 47.3 Å². The maximum Gasteiger partial charge on any atom is 0.332 e.